The summed E-state index contributed by atoms with van der Waals surface area (Å²) in [5.41, 5.74) is 0. The maximum atomic E-state index is 12.5. The van der Waals surface area contributed by atoms with Gasteiger partial charge in [-0.25, -0.2) is 0 Å². The number of carbonyl (C=O) groups is 2. The maximum absolute atomic E-state index is 12.5. The third-order valence-corrected chi connectivity index (χ3v) is 10.3. The second-order valence-electron chi connectivity index (χ2n) is 15.8. The van der Waals surface area contributed by atoms with Crippen molar-refractivity contribution in [2.75, 3.05) is 52.7 Å². The average molecular weight is 742 g/mol. The number of aliphatic hydroxyl groups is 1. The van der Waals surface area contributed by atoms with Crippen LogP contribution in [-0.2, 0) is 28.5 Å². The standard InChI is InChI=1S/C44H87NO7/c1-7-10-16-23-40(5)28-36-51-44(52-37-29-41(6)24-17-11-8-2)30-38-50-43(48)26-19-15-21-32-45(33-34-46)31-20-14-12-13-18-25-42(47)49-35-27-39(4)22-9-3/h39-41,44,46H,7-38H2,1-6H3. The largest absolute Gasteiger partial charge is 0.466 e. The molecule has 0 aromatic rings. The van der Waals surface area contributed by atoms with Crippen LogP contribution in [0.15, 0.2) is 0 Å². The van der Waals surface area contributed by atoms with Gasteiger partial charge in [-0.15, -0.1) is 0 Å². The van der Waals surface area contributed by atoms with Crippen LogP contribution in [0.2, 0.25) is 0 Å². The molecule has 8 heteroatoms. The Morgan fingerprint density at radius 2 is 0.923 bits per heavy atom. The van der Waals surface area contributed by atoms with Gasteiger partial charge in [-0.05, 0) is 75.8 Å². The Kier molecular flexibility index (Phi) is 37.2. The first-order chi connectivity index (χ1) is 25.2. The maximum Gasteiger partial charge on any atom is 0.305 e. The van der Waals surface area contributed by atoms with E-state index in [9.17, 15) is 14.7 Å². The highest BCUT2D eigenvalue weighted by atomic mass is 16.7. The summed E-state index contributed by atoms with van der Waals surface area (Å²) in [6.45, 7) is 18.5. The van der Waals surface area contributed by atoms with E-state index in [1.54, 1.807) is 0 Å². The molecule has 3 unspecified atom stereocenters. The summed E-state index contributed by atoms with van der Waals surface area (Å²) >= 11 is 0. The van der Waals surface area contributed by atoms with Gasteiger partial charge in [0.05, 0.1) is 19.8 Å². The lowest BCUT2D eigenvalue weighted by Crippen LogP contribution is -2.29. The van der Waals surface area contributed by atoms with Gasteiger partial charge in [-0.2, -0.15) is 0 Å². The topological polar surface area (TPSA) is 94.5 Å². The molecule has 0 heterocycles. The Balaban J connectivity index is 4.20. The molecule has 0 saturated heterocycles. The highest BCUT2D eigenvalue weighted by molar-refractivity contribution is 5.69. The van der Waals surface area contributed by atoms with Crippen molar-refractivity contribution in [1.29, 1.82) is 0 Å². The molecular formula is C44H87NO7. The van der Waals surface area contributed by atoms with Crippen LogP contribution in [0, 0.1) is 17.8 Å². The highest BCUT2D eigenvalue weighted by Gasteiger charge is 2.14. The van der Waals surface area contributed by atoms with Crippen LogP contribution in [0.4, 0.5) is 0 Å². The number of nitrogens with zero attached hydrogens (tertiary/aromatic N) is 1. The highest BCUT2D eigenvalue weighted by Crippen LogP contribution is 2.17. The average Bonchev–Trinajstić information content (AvgIpc) is 3.11. The molecule has 0 aliphatic heterocycles. The Hall–Kier alpha value is -1.22. The molecule has 0 rings (SSSR count). The number of ether oxygens (including phenoxy) is 4. The SMILES string of the molecule is CCCCCC(C)CCOC(CCOC(=O)CCCCCN(CCO)CCCCCCCC(=O)OCCC(C)CCC)OCCC(C)CCCCC. The summed E-state index contributed by atoms with van der Waals surface area (Å²) in [6, 6.07) is 0. The van der Waals surface area contributed by atoms with Crippen molar-refractivity contribution in [2.45, 2.75) is 202 Å². The van der Waals surface area contributed by atoms with Crippen molar-refractivity contribution < 1.29 is 33.6 Å². The minimum absolute atomic E-state index is 0.0588. The summed E-state index contributed by atoms with van der Waals surface area (Å²) in [4.78, 5) is 26.8. The van der Waals surface area contributed by atoms with Gasteiger partial charge in [0.2, 0.25) is 0 Å². The predicted molar refractivity (Wildman–Crippen MR) is 216 cm³/mol. The molecule has 0 aliphatic rings. The fourth-order valence-electron chi connectivity index (χ4n) is 6.61. The van der Waals surface area contributed by atoms with Gasteiger partial charge in [0, 0.05) is 39.0 Å². The predicted octanol–water partition coefficient (Wildman–Crippen LogP) is 11.1. The molecule has 0 amide bonds. The quantitative estimate of drug-likeness (QED) is 0.0377. The van der Waals surface area contributed by atoms with E-state index in [1.165, 1.54) is 64.2 Å². The third kappa shape index (κ3) is 34.5. The molecule has 8 nitrogen and oxygen atoms in total. The van der Waals surface area contributed by atoms with Crippen LogP contribution < -0.4 is 0 Å². The van der Waals surface area contributed by atoms with E-state index in [1.807, 2.05) is 0 Å². The lowest BCUT2D eigenvalue weighted by atomic mass is 10.0. The zero-order chi connectivity index (χ0) is 38.5. The smallest absolute Gasteiger partial charge is 0.305 e. The first-order valence-corrected chi connectivity index (χ1v) is 22.1. The van der Waals surface area contributed by atoms with E-state index in [0.29, 0.717) is 70.0 Å². The minimum atomic E-state index is -0.325. The zero-order valence-electron chi connectivity index (χ0n) is 35.3. The summed E-state index contributed by atoms with van der Waals surface area (Å²) in [5.74, 6) is 1.71. The van der Waals surface area contributed by atoms with Crippen LogP contribution in [0.1, 0.15) is 196 Å². The van der Waals surface area contributed by atoms with Crippen molar-refractivity contribution in [3.05, 3.63) is 0 Å². The molecule has 0 spiro atoms. The van der Waals surface area contributed by atoms with E-state index < -0.39 is 0 Å². The molecule has 0 saturated carbocycles. The van der Waals surface area contributed by atoms with Gasteiger partial charge in [-0.1, -0.05) is 131 Å². The normalized spacial score (nSPS) is 14.0. The number of carbonyl (C=O) groups excluding carboxylic acids is 2. The van der Waals surface area contributed by atoms with Gasteiger partial charge in [0.25, 0.3) is 0 Å². The van der Waals surface area contributed by atoms with Crippen molar-refractivity contribution in [3.8, 4) is 0 Å². The molecule has 0 aromatic carbocycles. The fraction of sp³-hybridized carbons (Fsp3) is 0.955. The van der Waals surface area contributed by atoms with Gasteiger partial charge in [0.15, 0.2) is 6.29 Å². The first-order valence-electron chi connectivity index (χ1n) is 22.1. The van der Waals surface area contributed by atoms with Crippen LogP contribution in [0.25, 0.3) is 0 Å². The van der Waals surface area contributed by atoms with Crippen molar-refractivity contribution in [2.24, 2.45) is 17.8 Å². The van der Waals surface area contributed by atoms with E-state index in [0.717, 1.165) is 83.7 Å². The van der Waals surface area contributed by atoms with E-state index >= 15 is 0 Å². The molecule has 52 heavy (non-hydrogen) atoms. The Labute approximate surface area is 322 Å². The van der Waals surface area contributed by atoms with E-state index in [2.05, 4.69) is 46.4 Å². The summed E-state index contributed by atoms with van der Waals surface area (Å²) in [6.07, 6.45) is 24.8. The molecule has 0 bridgehead atoms. The van der Waals surface area contributed by atoms with Gasteiger partial charge in [-0.3, -0.25) is 9.59 Å². The lowest BCUT2D eigenvalue weighted by molar-refractivity contribution is -0.163. The second kappa shape index (κ2) is 38.1. The minimum Gasteiger partial charge on any atom is -0.466 e. The number of unbranched alkanes of at least 4 members (excludes halogenated alkanes) is 10. The van der Waals surface area contributed by atoms with Crippen LogP contribution in [0.3, 0.4) is 0 Å². The summed E-state index contributed by atoms with van der Waals surface area (Å²) < 4.78 is 23.3. The Morgan fingerprint density at radius 1 is 0.481 bits per heavy atom. The van der Waals surface area contributed by atoms with Crippen LogP contribution in [-0.4, -0.2) is 80.9 Å². The molecular weight excluding hydrogens is 654 g/mol. The first kappa shape index (κ1) is 50.8. The molecule has 0 aliphatic carbocycles. The second-order valence-corrected chi connectivity index (χ2v) is 15.8. The van der Waals surface area contributed by atoms with Crippen molar-refractivity contribution in [1.82, 2.24) is 4.90 Å². The van der Waals surface area contributed by atoms with Gasteiger partial charge < -0.3 is 29.0 Å². The van der Waals surface area contributed by atoms with E-state index in [-0.39, 0.29) is 24.8 Å². The van der Waals surface area contributed by atoms with Crippen molar-refractivity contribution >= 4 is 11.9 Å². The van der Waals surface area contributed by atoms with Crippen molar-refractivity contribution in [3.63, 3.8) is 0 Å². The Bertz CT molecular complexity index is 760. The fourth-order valence-corrected chi connectivity index (χ4v) is 6.61. The third-order valence-electron chi connectivity index (χ3n) is 10.3. The number of hydrogen-bond donors (Lipinski definition) is 1. The lowest BCUT2D eigenvalue weighted by Gasteiger charge is -2.21. The zero-order valence-corrected chi connectivity index (χ0v) is 35.3. The Morgan fingerprint density at radius 3 is 1.42 bits per heavy atom. The summed E-state index contributed by atoms with van der Waals surface area (Å²) in [7, 11) is 0. The molecule has 3 atom stereocenters. The van der Waals surface area contributed by atoms with Gasteiger partial charge >= 0.3 is 11.9 Å². The summed E-state index contributed by atoms with van der Waals surface area (Å²) in [5, 5.41) is 9.54. The molecule has 0 fully saturated rings. The number of esters is 2. The van der Waals surface area contributed by atoms with Gasteiger partial charge in [0.1, 0.15) is 0 Å². The molecule has 1 N–H and O–H groups in total. The van der Waals surface area contributed by atoms with E-state index in [4.69, 9.17) is 18.9 Å². The molecule has 310 valence electrons. The molecule has 0 radical (unpaired) electrons. The monoisotopic (exact) mass is 742 g/mol. The number of aliphatic hydroxyl groups excluding tert-OH is 1. The molecule has 0 aromatic heterocycles. The van der Waals surface area contributed by atoms with Crippen LogP contribution >= 0.6 is 0 Å². The van der Waals surface area contributed by atoms with Crippen LogP contribution in [0.5, 0.6) is 0 Å². The number of rotatable bonds is 40. The number of hydrogen-bond acceptors (Lipinski definition) is 8.